The van der Waals surface area contributed by atoms with E-state index in [2.05, 4.69) is 5.32 Å². The molecule has 1 aliphatic carbocycles. The number of hydrogen-bond donors (Lipinski definition) is 2. The Bertz CT molecular complexity index is 116. The minimum Gasteiger partial charge on any atom is -0.344 e. The molecule has 1 rings (SSSR count). The van der Waals surface area contributed by atoms with Gasteiger partial charge in [0.25, 0.3) is 0 Å². The number of rotatable bonds is 2. The third-order valence-electron chi connectivity index (χ3n) is 2.06. The van der Waals surface area contributed by atoms with E-state index in [1.807, 2.05) is 0 Å². The van der Waals surface area contributed by atoms with Crippen LogP contribution in [0.4, 0.5) is 0 Å². The summed E-state index contributed by atoms with van der Waals surface area (Å²) in [7, 11) is 0. The molecule has 10 heavy (non-hydrogen) atoms. The van der Waals surface area contributed by atoms with Gasteiger partial charge in [0.2, 0.25) is 0 Å². The maximum Gasteiger partial charge on any atom is 0.309 e. The molecule has 2 atom stereocenters. The van der Waals surface area contributed by atoms with E-state index in [0.29, 0.717) is 0 Å². The zero-order valence-electron chi connectivity index (χ0n) is 5.97. The first kappa shape index (κ1) is 7.54. The third kappa shape index (κ3) is 1.70. The Balaban J connectivity index is 2.32. The van der Waals surface area contributed by atoms with Gasteiger partial charge < -0.3 is 11.1 Å². The molecule has 1 radical (unpaired) electrons. The van der Waals surface area contributed by atoms with Crippen molar-refractivity contribution in [3.63, 3.8) is 0 Å². The topological polar surface area (TPSA) is 55.1 Å². The van der Waals surface area contributed by atoms with Gasteiger partial charge in [0.05, 0.1) is 0 Å². The molecule has 0 saturated heterocycles. The van der Waals surface area contributed by atoms with Crippen LogP contribution in [0.3, 0.4) is 0 Å². The molecule has 1 amide bonds. The van der Waals surface area contributed by atoms with Crippen LogP contribution in [-0.2, 0) is 4.79 Å². The van der Waals surface area contributed by atoms with Gasteiger partial charge >= 0.3 is 6.41 Å². The van der Waals surface area contributed by atoms with Crippen molar-refractivity contribution in [3.05, 3.63) is 0 Å². The van der Waals surface area contributed by atoms with Gasteiger partial charge in [0, 0.05) is 12.1 Å². The van der Waals surface area contributed by atoms with Gasteiger partial charge in [-0.2, -0.15) is 0 Å². The maximum atomic E-state index is 9.93. The summed E-state index contributed by atoms with van der Waals surface area (Å²) < 4.78 is 0. The molecular weight excluding hydrogens is 128 g/mol. The highest BCUT2D eigenvalue weighted by atomic mass is 16.1. The van der Waals surface area contributed by atoms with E-state index in [-0.39, 0.29) is 12.1 Å². The van der Waals surface area contributed by atoms with E-state index in [4.69, 9.17) is 5.73 Å². The first-order chi connectivity index (χ1) is 4.84. The number of nitrogens with two attached hydrogens (primary N) is 1. The van der Waals surface area contributed by atoms with Crippen molar-refractivity contribution >= 4 is 6.41 Å². The fourth-order valence-corrected chi connectivity index (χ4v) is 1.41. The largest absolute Gasteiger partial charge is 0.344 e. The molecular formula is C7H13N2O. The van der Waals surface area contributed by atoms with Gasteiger partial charge in [-0.15, -0.1) is 0 Å². The molecule has 1 saturated carbocycles. The predicted molar refractivity (Wildman–Crippen MR) is 39.1 cm³/mol. The summed E-state index contributed by atoms with van der Waals surface area (Å²) in [6.45, 7) is 0. The summed E-state index contributed by atoms with van der Waals surface area (Å²) in [6.07, 6.45) is 6.09. The standard InChI is InChI=1S/C7H13N2O/c8-6-3-1-2-4-7(6)9-5-10/h6-7H,1-4,8H2,(H,9,10). The van der Waals surface area contributed by atoms with E-state index in [9.17, 15) is 4.79 Å². The highest BCUT2D eigenvalue weighted by Crippen LogP contribution is 2.15. The lowest BCUT2D eigenvalue weighted by atomic mass is 9.91. The first-order valence-corrected chi connectivity index (χ1v) is 3.73. The Morgan fingerprint density at radius 1 is 1.40 bits per heavy atom. The lowest BCUT2D eigenvalue weighted by Gasteiger charge is -2.27. The third-order valence-corrected chi connectivity index (χ3v) is 2.06. The van der Waals surface area contributed by atoms with E-state index in [1.54, 1.807) is 6.41 Å². The summed E-state index contributed by atoms with van der Waals surface area (Å²) in [5.41, 5.74) is 5.72. The van der Waals surface area contributed by atoms with E-state index in [0.717, 1.165) is 12.8 Å². The summed E-state index contributed by atoms with van der Waals surface area (Å²) >= 11 is 0. The lowest BCUT2D eigenvalue weighted by Crippen LogP contribution is -2.46. The number of nitrogens with one attached hydrogen (secondary N) is 1. The van der Waals surface area contributed by atoms with Crippen molar-refractivity contribution in [2.45, 2.75) is 37.8 Å². The number of amides is 1. The van der Waals surface area contributed by atoms with Crippen molar-refractivity contribution in [1.29, 1.82) is 0 Å². The molecule has 3 nitrogen and oxygen atoms in total. The highest BCUT2D eigenvalue weighted by Gasteiger charge is 2.20. The van der Waals surface area contributed by atoms with Crippen LogP contribution in [0.2, 0.25) is 0 Å². The molecule has 0 bridgehead atoms. The van der Waals surface area contributed by atoms with Crippen LogP contribution in [0, 0.1) is 0 Å². The number of carbonyl (C=O) groups excluding carboxylic acids is 1. The van der Waals surface area contributed by atoms with E-state index >= 15 is 0 Å². The molecule has 0 aliphatic heterocycles. The van der Waals surface area contributed by atoms with Crippen LogP contribution >= 0.6 is 0 Å². The molecule has 0 aromatic carbocycles. The van der Waals surface area contributed by atoms with Gasteiger partial charge in [-0.05, 0) is 12.8 Å². The van der Waals surface area contributed by atoms with Gasteiger partial charge in [-0.25, -0.2) is 0 Å². The minimum absolute atomic E-state index is 0.148. The van der Waals surface area contributed by atoms with Crippen molar-refractivity contribution in [2.24, 2.45) is 5.73 Å². The van der Waals surface area contributed by atoms with Gasteiger partial charge in [0.15, 0.2) is 0 Å². The number of hydrogen-bond acceptors (Lipinski definition) is 2. The average Bonchev–Trinajstić information content (AvgIpc) is 1.94. The second-order valence-corrected chi connectivity index (χ2v) is 2.80. The van der Waals surface area contributed by atoms with Crippen LogP contribution < -0.4 is 11.1 Å². The van der Waals surface area contributed by atoms with E-state index < -0.39 is 0 Å². The van der Waals surface area contributed by atoms with Crippen molar-refractivity contribution in [2.75, 3.05) is 0 Å². The molecule has 1 aliphatic rings. The first-order valence-electron chi connectivity index (χ1n) is 3.73. The van der Waals surface area contributed by atoms with Crippen molar-refractivity contribution < 1.29 is 4.79 Å². The fraction of sp³-hybridized carbons (Fsp3) is 0.857. The molecule has 1 fully saturated rings. The van der Waals surface area contributed by atoms with Crippen LogP contribution in [0.1, 0.15) is 25.7 Å². The molecule has 57 valence electrons. The Labute approximate surface area is 61.0 Å². The summed E-state index contributed by atoms with van der Waals surface area (Å²) in [4.78, 5) is 9.93. The average molecular weight is 141 g/mol. The predicted octanol–water partition coefficient (Wildman–Crippen LogP) is -0.0869. The highest BCUT2D eigenvalue weighted by molar-refractivity contribution is 5.48. The summed E-state index contributed by atoms with van der Waals surface area (Å²) in [5, 5.41) is 2.60. The Morgan fingerprint density at radius 2 is 2.10 bits per heavy atom. The maximum absolute atomic E-state index is 9.93. The van der Waals surface area contributed by atoms with Gasteiger partial charge in [0.1, 0.15) is 0 Å². The Hall–Kier alpha value is -0.570. The normalized spacial score (nSPS) is 33.3. The van der Waals surface area contributed by atoms with Crippen LogP contribution in [0.25, 0.3) is 0 Å². The molecule has 3 heteroatoms. The quantitative estimate of drug-likeness (QED) is 0.528. The lowest BCUT2D eigenvalue weighted by molar-refractivity contribution is 0.354. The minimum atomic E-state index is 0.148. The van der Waals surface area contributed by atoms with Crippen LogP contribution in [-0.4, -0.2) is 18.5 Å². The second-order valence-electron chi connectivity index (χ2n) is 2.80. The summed E-state index contributed by atoms with van der Waals surface area (Å²) in [6, 6.07) is 0.321. The van der Waals surface area contributed by atoms with Gasteiger partial charge in [-0.3, -0.25) is 4.79 Å². The van der Waals surface area contributed by atoms with E-state index in [1.165, 1.54) is 12.8 Å². The Kier molecular flexibility index (Phi) is 2.68. The van der Waals surface area contributed by atoms with Crippen molar-refractivity contribution in [1.82, 2.24) is 5.32 Å². The smallest absolute Gasteiger partial charge is 0.309 e. The molecule has 0 spiro atoms. The van der Waals surface area contributed by atoms with Crippen molar-refractivity contribution in [3.8, 4) is 0 Å². The Morgan fingerprint density at radius 3 is 2.70 bits per heavy atom. The molecule has 0 aromatic rings. The summed E-state index contributed by atoms with van der Waals surface area (Å²) in [5.74, 6) is 0. The second kappa shape index (κ2) is 3.56. The fourth-order valence-electron chi connectivity index (χ4n) is 1.41. The SMILES string of the molecule is NC1CCCCC1N[C]=O. The van der Waals surface area contributed by atoms with Crippen LogP contribution in [0.5, 0.6) is 0 Å². The van der Waals surface area contributed by atoms with Gasteiger partial charge in [-0.1, -0.05) is 12.8 Å². The zero-order chi connectivity index (χ0) is 7.40. The monoisotopic (exact) mass is 141 g/mol. The molecule has 0 heterocycles. The molecule has 3 N–H and O–H groups in total. The zero-order valence-corrected chi connectivity index (χ0v) is 5.97. The molecule has 0 aromatic heterocycles. The van der Waals surface area contributed by atoms with Crippen LogP contribution in [0.15, 0.2) is 0 Å². The molecule has 2 unspecified atom stereocenters.